The van der Waals surface area contributed by atoms with Crippen molar-refractivity contribution in [2.45, 2.75) is 36.6 Å². The van der Waals surface area contributed by atoms with Crippen LogP contribution in [0.2, 0.25) is 0 Å². The lowest BCUT2D eigenvalue weighted by Crippen LogP contribution is -2.67. The lowest BCUT2D eigenvalue weighted by atomic mass is 9.85. The highest BCUT2D eigenvalue weighted by molar-refractivity contribution is 7.58. The van der Waals surface area contributed by atoms with E-state index < -0.39 is 83.6 Å². The molecule has 1 aliphatic carbocycles. The second kappa shape index (κ2) is 11.6. The standard InChI is InChI=1S/C6H18O24P6/c7-1-2(25-31(8,9)10)4(27-33(14,15)16)6(29-36(23,24)30-35(20,21)22)5(28-34(17,18)19)3(1)26-32(11,12)13/h1-7H,(H,23,24)(H2,8,9,10)(H2,11,12,13)(H2,14,15,16)(H2,17,18,19)(H2,20,21,22)/p-11/t1?,2-,3+,4-,5-,6?/m0/s1. The summed E-state index contributed by atoms with van der Waals surface area (Å²) in [5, 5.41) is 10.1. The molecule has 1 rings (SSSR count). The van der Waals surface area contributed by atoms with E-state index in [0.29, 0.717) is 0 Å². The maximum absolute atomic E-state index is 11.8. The number of phosphoric ester groups is 5. The van der Waals surface area contributed by atoms with Crippen LogP contribution in [-0.4, -0.2) is 41.7 Å². The van der Waals surface area contributed by atoms with Gasteiger partial charge < -0.3 is 104 Å². The summed E-state index contributed by atoms with van der Waals surface area (Å²) in [4.78, 5) is 121. The van der Waals surface area contributed by atoms with Gasteiger partial charge in [0.05, 0.1) is 39.1 Å². The minimum Gasteiger partial charge on any atom is -0.790 e. The van der Waals surface area contributed by atoms with Crippen molar-refractivity contribution in [3.05, 3.63) is 0 Å². The van der Waals surface area contributed by atoms with Crippen molar-refractivity contribution < 1.29 is 113 Å². The van der Waals surface area contributed by atoms with Crippen LogP contribution in [0.5, 0.6) is 0 Å². The molecule has 3 unspecified atom stereocenters. The van der Waals surface area contributed by atoms with Gasteiger partial charge in [-0.2, -0.15) is 0 Å². The van der Waals surface area contributed by atoms with Crippen molar-refractivity contribution in [3.8, 4) is 0 Å². The highest BCUT2D eigenvalue weighted by atomic mass is 31.3. The molecule has 1 fully saturated rings. The average Bonchev–Trinajstić information content (AvgIpc) is 2.51. The molecule has 0 aromatic heterocycles. The molecule has 0 aromatic rings. The van der Waals surface area contributed by atoms with Crippen molar-refractivity contribution in [2.24, 2.45) is 0 Å². The highest BCUT2D eigenvalue weighted by Gasteiger charge is 2.56. The van der Waals surface area contributed by atoms with E-state index in [2.05, 4.69) is 26.9 Å². The maximum atomic E-state index is 11.8. The Morgan fingerprint density at radius 1 is 0.417 bits per heavy atom. The van der Waals surface area contributed by atoms with Gasteiger partial charge >= 0.3 is 0 Å². The Hall–Kier alpha value is 0.660. The summed E-state index contributed by atoms with van der Waals surface area (Å²) in [5.41, 5.74) is 0. The molecule has 1 N–H and O–H groups in total. The third kappa shape index (κ3) is 12.7. The molecule has 24 nitrogen and oxygen atoms in total. The fourth-order valence-corrected chi connectivity index (χ4v) is 6.46. The molecule has 0 aliphatic heterocycles. The fourth-order valence-electron chi connectivity index (χ4n) is 2.63. The van der Waals surface area contributed by atoms with Crippen molar-refractivity contribution in [1.29, 1.82) is 0 Å². The van der Waals surface area contributed by atoms with E-state index in [4.69, 9.17) is 0 Å². The summed E-state index contributed by atoms with van der Waals surface area (Å²) in [6.07, 6.45) is -20.6. The molecular weight excluding hydrogens is 642 g/mol. The molecule has 1 aliphatic rings. The third-order valence-electron chi connectivity index (χ3n) is 3.42. The monoisotopic (exact) mass is 649 g/mol. The van der Waals surface area contributed by atoms with Crippen LogP contribution in [0.1, 0.15) is 0 Å². The summed E-state index contributed by atoms with van der Waals surface area (Å²) in [7, 11) is -39.7. The van der Waals surface area contributed by atoms with Crippen molar-refractivity contribution in [2.75, 3.05) is 0 Å². The van der Waals surface area contributed by atoms with Crippen LogP contribution in [0, 0.1) is 0 Å². The Bertz CT molecular complexity index is 993. The van der Waals surface area contributed by atoms with Gasteiger partial charge in [0, 0.05) is 0 Å². The van der Waals surface area contributed by atoms with E-state index in [1.807, 2.05) is 0 Å². The van der Waals surface area contributed by atoms with Crippen molar-refractivity contribution in [3.63, 3.8) is 0 Å². The number of aliphatic hydroxyl groups excluding tert-OH is 1. The third-order valence-corrected chi connectivity index (χ3v) is 7.53. The van der Waals surface area contributed by atoms with E-state index in [0.717, 1.165) is 0 Å². The SMILES string of the molecule is O=P([O-])([O-])O[C@@H]1C(OP(=O)([O-])OP(=O)([O-])[O-])[C@@H](OP(=O)([O-])[O-])[C@@H](OP(=O)([O-])[O-])C(O)[C@H]1OP(=O)([O-])[O-]. The van der Waals surface area contributed by atoms with Gasteiger partial charge in [0.15, 0.2) is 0 Å². The molecule has 36 heavy (non-hydrogen) atoms. The molecular formula is C6H7O24P6-11. The molecule has 30 heteroatoms. The summed E-state index contributed by atoms with van der Waals surface area (Å²) in [5.74, 6) is 0. The molecule has 0 spiro atoms. The van der Waals surface area contributed by atoms with E-state index in [1.54, 1.807) is 0 Å². The Labute approximate surface area is 197 Å². The second-order valence-corrected chi connectivity index (χ2v) is 13.2. The second-order valence-electron chi connectivity index (χ2n) is 6.11. The molecule has 7 atom stereocenters. The van der Waals surface area contributed by atoms with Crippen LogP contribution in [0.4, 0.5) is 0 Å². The van der Waals surface area contributed by atoms with Gasteiger partial charge in [-0.15, -0.1) is 0 Å². The number of aliphatic hydroxyl groups is 1. The van der Waals surface area contributed by atoms with Gasteiger partial charge in [-0.1, -0.05) is 0 Å². The first-order valence-corrected chi connectivity index (χ1v) is 16.6. The quantitative estimate of drug-likeness (QED) is 0.192. The lowest BCUT2D eigenvalue weighted by Gasteiger charge is -2.55. The normalized spacial score (nSPS) is 30.7. The lowest BCUT2D eigenvalue weighted by molar-refractivity contribution is -0.379. The Morgan fingerprint density at radius 2 is 0.667 bits per heavy atom. The van der Waals surface area contributed by atoms with Crippen molar-refractivity contribution in [1.82, 2.24) is 0 Å². The van der Waals surface area contributed by atoms with Crippen molar-refractivity contribution >= 4 is 46.9 Å². The zero-order chi connectivity index (χ0) is 28.7. The Balaban J connectivity index is 3.87. The maximum Gasteiger partial charge on any atom is 0.272 e. The summed E-state index contributed by atoms with van der Waals surface area (Å²) in [6.45, 7) is 0. The van der Waals surface area contributed by atoms with Gasteiger partial charge in [0.2, 0.25) is 0 Å². The number of rotatable bonds is 12. The Kier molecular flexibility index (Phi) is 11.2. The van der Waals surface area contributed by atoms with Gasteiger partial charge in [-0.25, -0.2) is 0 Å². The van der Waals surface area contributed by atoms with Gasteiger partial charge in [-0.05, 0) is 0 Å². The first-order valence-electron chi connectivity index (χ1n) is 7.82. The van der Waals surface area contributed by atoms with E-state index in [1.165, 1.54) is 0 Å². The van der Waals surface area contributed by atoms with Crippen LogP contribution < -0.4 is 53.8 Å². The summed E-state index contributed by atoms with van der Waals surface area (Å²) >= 11 is 0. The molecule has 0 heterocycles. The number of phosphoric acid groups is 6. The minimum absolute atomic E-state index is 2.94. The molecule has 0 bridgehead atoms. The summed E-state index contributed by atoms with van der Waals surface area (Å²) < 4.78 is 87.8. The van der Waals surface area contributed by atoms with E-state index in [-0.39, 0.29) is 0 Å². The first-order chi connectivity index (χ1) is 15.6. The highest BCUT2D eigenvalue weighted by Crippen LogP contribution is 2.55. The Morgan fingerprint density at radius 3 is 0.917 bits per heavy atom. The molecule has 0 saturated heterocycles. The zero-order valence-electron chi connectivity index (χ0n) is 16.0. The summed E-state index contributed by atoms with van der Waals surface area (Å²) in [6, 6.07) is 0. The van der Waals surface area contributed by atoms with Gasteiger partial charge in [-0.3, -0.25) is 8.88 Å². The van der Waals surface area contributed by atoms with Crippen LogP contribution in [0.3, 0.4) is 0 Å². The fraction of sp³-hybridized carbons (Fsp3) is 1.00. The van der Waals surface area contributed by atoms with Gasteiger partial charge in [0.25, 0.3) is 7.82 Å². The smallest absolute Gasteiger partial charge is 0.272 e. The van der Waals surface area contributed by atoms with Crippen LogP contribution in [0.25, 0.3) is 0 Å². The van der Waals surface area contributed by atoms with Crippen LogP contribution >= 0.6 is 46.9 Å². The minimum atomic E-state index is -6.79. The molecule has 0 aromatic carbocycles. The van der Waals surface area contributed by atoms with Crippen LogP contribution in [0.15, 0.2) is 0 Å². The first kappa shape index (κ1) is 34.7. The average molecular weight is 649 g/mol. The van der Waals surface area contributed by atoms with Gasteiger partial charge in [0.1, 0.15) is 36.6 Å². The van der Waals surface area contributed by atoms with E-state index in [9.17, 15) is 86.3 Å². The topological polar surface area (TPSA) is 432 Å². The molecule has 0 amide bonds. The zero-order valence-corrected chi connectivity index (χ0v) is 21.4. The van der Waals surface area contributed by atoms with E-state index >= 15 is 0 Å². The number of hydrogen-bond acceptors (Lipinski definition) is 24. The van der Waals surface area contributed by atoms with Crippen LogP contribution in [-0.2, 0) is 54.3 Å². The molecule has 0 radical (unpaired) electrons. The molecule has 1 saturated carbocycles. The number of hydrogen-bond donors (Lipinski definition) is 1. The predicted octanol–water partition coefficient (Wildman–Crippen LogP) is -10.1. The molecule has 216 valence electrons. The largest absolute Gasteiger partial charge is 0.790 e. The predicted molar refractivity (Wildman–Crippen MR) is 77.1 cm³/mol.